The van der Waals surface area contributed by atoms with Gasteiger partial charge >= 0.3 is 0 Å². The number of nitrogen functional groups attached to an aromatic ring is 1. The first-order chi connectivity index (χ1) is 10.3. The number of hydrogen-bond acceptors (Lipinski definition) is 7. The van der Waals surface area contributed by atoms with Gasteiger partial charge in [0.15, 0.2) is 0 Å². The summed E-state index contributed by atoms with van der Waals surface area (Å²) in [7, 11) is 1.62. The molecule has 8 nitrogen and oxygen atoms in total. The Morgan fingerprint density at radius 1 is 1.14 bits per heavy atom. The zero-order valence-corrected chi connectivity index (χ0v) is 12.1. The van der Waals surface area contributed by atoms with Crippen molar-refractivity contribution >= 4 is 5.91 Å². The van der Waals surface area contributed by atoms with Gasteiger partial charge in [-0.05, 0) is 6.07 Å². The molecule has 0 spiro atoms. The van der Waals surface area contributed by atoms with Crippen LogP contribution in [0.4, 0.5) is 0 Å². The predicted molar refractivity (Wildman–Crippen MR) is 73.5 cm³/mol. The van der Waals surface area contributed by atoms with E-state index in [1.807, 2.05) is 5.43 Å². The van der Waals surface area contributed by atoms with E-state index < -0.39 is 5.91 Å². The highest BCUT2D eigenvalue weighted by atomic mass is 16.6. The molecule has 21 heavy (non-hydrogen) atoms. The van der Waals surface area contributed by atoms with E-state index in [4.69, 9.17) is 29.2 Å². The van der Waals surface area contributed by atoms with E-state index in [2.05, 4.69) is 0 Å². The first-order valence-electron chi connectivity index (χ1n) is 6.59. The van der Waals surface area contributed by atoms with E-state index in [-0.39, 0.29) is 6.61 Å². The van der Waals surface area contributed by atoms with Crippen LogP contribution in [0.5, 0.6) is 0 Å². The molecule has 1 aromatic heterocycles. The monoisotopic (exact) mass is 302 g/mol. The summed E-state index contributed by atoms with van der Waals surface area (Å²) in [6.07, 6.45) is 1.41. The zero-order valence-electron chi connectivity index (χ0n) is 12.1. The summed E-state index contributed by atoms with van der Waals surface area (Å²) in [6.45, 7) is 3.15. The molecule has 1 amide bonds. The maximum atomic E-state index is 11.4. The molecule has 0 saturated carbocycles. The normalized spacial score (nSPS) is 10.8. The summed E-state index contributed by atoms with van der Waals surface area (Å²) < 4.78 is 25.9. The molecule has 0 aliphatic rings. The van der Waals surface area contributed by atoms with Crippen molar-refractivity contribution in [2.75, 3.05) is 46.8 Å². The summed E-state index contributed by atoms with van der Waals surface area (Å²) in [6, 6.07) is 1.54. The second-order valence-corrected chi connectivity index (χ2v) is 4.00. The third-order valence-electron chi connectivity index (χ3n) is 2.53. The van der Waals surface area contributed by atoms with Crippen LogP contribution >= 0.6 is 0 Å². The fraction of sp³-hybridized carbons (Fsp3) is 0.615. The van der Waals surface area contributed by atoms with Gasteiger partial charge in [-0.25, -0.2) is 5.84 Å². The molecule has 8 heteroatoms. The topological polar surface area (TPSA) is 105 Å². The molecule has 0 bridgehead atoms. The van der Waals surface area contributed by atoms with Gasteiger partial charge in [0.1, 0.15) is 12.4 Å². The molecule has 0 aliphatic carbocycles. The quantitative estimate of drug-likeness (QED) is 0.244. The van der Waals surface area contributed by atoms with Gasteiger partial charge in [-0.2, -0.15) is 0 Å². The van der Waals surface area contributed by atoms with Crippen LogP contribution < -0.4 is 11.3 Å². The first kappa shape index (κ1) is 17.6. The summed E-state index contributed by atoms with van der Waals surface area (Å²) in [5.41, 5.74) is 2.41. The molecule has 0 saturated heterocycles. The smallest absolute Gasteiger partial charge is 0.268 e. The van der Waals surface area contributed by atoms with Gasteiger partial charge in [0, 0.05) is 7.11 Å². The maximum Gasteiger partial charge on any atom is 0.268 e. The van der Waals surface area contributed by atoms with Crippen molar-refractivity contribution in [3.63, 3.8) is 0 Å². The van der Waals surface area contributed by atoms with Gasteiger partial charge in [0.25, 0.3) is 5.91 Å². The lowest BCUT2D eigenvalue weighted by atomic mass is 10.2. The maximum absolute atomic E-state index is 11.4. The average molecular weight is 302 g/mol. The average Bonchev–Trinajstić information content (AvgIpc) is 2.97. The Labute approximate surface area is 123 Å². The van der Waals surface area contributed by atoms with E-state index >= 15 is 0 Å². The molecule has 0 aromatic carbocycles. The number of ether oxygens (including phenoxy) is 4. The SMILES string of the molecule is COCCOCCOCCOCc1occc1C(=O)NN. The van der Waals surface area contributed by atoms with E-state index in [0.29, 0.717) is 51.0 Å². The van der Waals surface area contributed by atoms with Gasteiger partial charge in [0.2, 0.25) is 0 Å². The van der Waals surface area contributed by atoms with Crippen LogP contribution in [0.2, 0.25) is 0 Å². The number of carbonyl (C=O) groups excluding carboxylic acids is 1. The first-order valence-corrected chi connectivity index (χ1v) is 6.59. The molecule has 0 radical (unpaired) electrons. The second-order valence-electron chi connectivity index (χ2n) is 4.00. The van der Waals surface area contributed by atoms with Crippen LogP contribution in [-0.4, -0.2) is 52.7 Å². The minimum atomic E-state index is -0.410. The van der Waals surface area contributed by atoms with Crippen LogP contribution in [-0.2, 0) is 25.6 Å². The van der Waals surface area contributed by atoms with Crippen LogP contribution in [0.25, 0.3) is 0 Å². The van der Waals surface area contributed by atoms with Crippen LogP contribution in [0.1, 0.15) is 16.1 Å². The number of rotatable bonds is 12. The lowest BCUT2D eigenvalue weighted by Gasteiger charge is -2.06. The van der Waals surface area contributed by atoms with Crippen molar-refractivity contribution in [2.45, 2.75) is 6.61 Å². The number of nitrogens with one attached hydrogen (secondary N) is 1. The summed E-state index contributed by atoms with van der Waals surface area (Å²) in [5.74, 6) is 5.08. The number of amides is 1. The highest BCUT2D eigenvalue weighted by molar-refractivity contribution is 5.94. The Morgan fingerprint density at radius 2 is 1.76 bits per heavy atom. The van der Waals surface area contributed by atoms with Crippen molar-refractivity contribution < 1.29 is 28.2 Å². The van der Waals surface area contributed by atoms with Gasteiger partial charge in [-0.3, -0.25) is 10.2 Å². The molecule has 3 N–H and O–H groups in total. The predicted octanol–water partition coefficient (Wildman–Crippen LogP) is 0.0793. The summed E-state index contributed by atoms with van der Waals surface area (Å²) >= 11 is 0. The molecule has 0 fully saturated rings. The lowest BCUT2D eigenvalue weighted by Crippen LogP contribution is -2.30. The standard InChI is InChI=1S/C13H22N2O6/c1-17-4-5-18-6-7-19-8-9-20-10-12-11(2-3-21-12)13(16)15-14/h2-3H,4-10,14H2,1H3,(H,15,16). The minimum absolute atomic E-state index is 0.184. The zero-order chi connectivity index (χ0) is 15.3. The molecule has 1 rings (SSSR count). The Hall–Kier alpha value is -1.45. The van der Waals surface area contributed by atoms with Crippen LogP contribution in [0.15, 0.2) is 16.7 Å². The van der Waals surface area contributed by atoms with E-state index in [9.17, 15) is 4.79 Å². The van der Waals surface area contributed by atoms with Gasteiger partial charge in [-0.15, -0.1) is 0 Å². The molecular formula is C13H22N2O6. The van der Waals surface area contributed by atoms with Gasteiger partial charge in [0.05, 0.1) is 51.5 Å². The van der Waals surface area contributed by atoms with Crippen molar-refractivity contribution in [1.29, 1.82) is 0 Å². The Bertz CT molecular complexity index is 396. The Balaban J connectivity index is 2.02. The molecular weight excluding hydrogens is 280 g/mol. The fourth-order valence-electron chi connectivity index (χ4n) is 1.48. The van der Waals surface area contributed by atoms with Gasteiger partial charge in [-0.1, -0.05) is 0 Å². The molecule has 0 unspecified atom stereocenters. The number of furan rings is 1. The van der Waals surface area contributed by atoms with E-state index in [1.165, 1.54) is 12.3 Å². The Kier molecular flexibility index (Phi) is 9.42. The Morgan fingerprint density at radius 3 is 2.38 bits per heavy atom. The number of carbonyl (C=O) groups is 1. The molecule has 0 aliphatic heterocycles. The van der Waals surface area contributed by atoms with E-state index in [0.717, 1.165) is 0 Å². The highest BCUT2D eigenvalue weighted by Gasteiger charge is 2.13. The van der Waals surface area contributed by atoms with E-state index in [1.54, 1.807) is 7.11 Å². The minimum Gasteiger partial charge on any atom is -0.466 e. The van der Waals surface area contributed by atoms with Crippen molar-refractivity contribution in [3.8, 4) is 0 Å². The van der Waals surface area contributed by atoms with Crippen molar-refractivity contribution in [3.05, 3.63) is 23.7 Å². The van der Waals surface area contributed by atoms with Crippen LogP contribution in [0.3, 0.4) is 0 Å². The third kappa shape index (κ3) is 7.21. The van der Waals surface area contributed by atoms with Crippen molar-refractivity contribution in [2.24, 2.45) is 5.84 Å². The summed E-state index contributed by atoms with van der Waals surface area (Å²) in [4.78, 5) is 11.4. The lowest BCUT2D eigenvalue weighted by molar-refractivity contribution is -0.00135. The molecule has 0 atom stereocenters. The number of hydrazine groups is 1. The number of methoxy groups -OCH3 is 1. The summed E-state index contributed by atoms with van der Waals surface area (Å²) in [5, 5.41) is 0. The highest BCUT2D eigenvalue weighted by Crippen LogP contribution is 2.11. The molecule has 120 valence electrons. The number of hydrogen-bond donors (Lipinski definition) is 2. The van der Waals surface area contributed by atoms with Crippen LogP contribution in [0, 0.1) is 0 Å². The molecule has 1 heterocycles. The van der Waals surface area contributed by atoms with Crippen molar-refractivity contribution in [1.82, 2.24) is 5.43 Å². The number of nitrogens with two attached hydrogens (primary N) is 1. The third-order valence-corrected chi connectivity index (χ3v) is 2.53. The molecule has 1 aromatic rings. The second kappa shape index (κ2) is 11.2. The fourth-order valence-corrected chi connectivity index (χ4v) is 1.48. The van der Waals surface area contributed by atoms with Gasteiger partial charge < -0.3 is 23.4 Å². The largest absolute Gasteiger partial charge is 0.466 e.